The zero-order valence-corrected chi connectivity index (χ0v) is 11.8. The van der Waals surface area contributed by atoms with Crippen LogP contribution in [-0.2, 0) is 16.2 Å². The highest BCUT2D eigenvalue weighted by atomic mass is 16.4. The number of fused-ring (bicyclic) bond motifs is 1. The van der Waals surface area contributed by atoms with Gasteiger partial charge in [0.05, 0.1) is 6.61 Å². The van der Waals surface area contributed by atoms with Crippen LogP contribution in [0.25, 0.3) is 10.8 Å². The van der Waals surface area contributed by atoms with Crippen molar-refractivity contribution in [1.82, 2.24) is 0 Å². The van der Waals surface area contributed by atoms with Crippen LogP contribution in [0.2, 0.25) is 0 Å². The highest BCUT2D eigenvalue weighted by molar-refractivity contribution is 5.89. The van der Waals surface area contributed by atoms with E-state index < -0.39 is 11.9 Å². The molecule has 0 aliphatic carbocycles. The summed E-state index contributed by atoms with van der Waals surface area (Å²) >= 11 is 0. The van der Waals surface area contributed by atoms with E-state index in [9.17, 15) is 5.11 Å². The molecule has 0 aliphatic heterocycles. The number of aromatic hydroxyl groups is 1. The molecule has 0 atom stereocenters. The maximum atomic E-state index is 9.69. The summed E-state index contributed by atoms with van der Waals surface area (Å²) in [4.78, 5) is 18.0. The lowest BCUT2D eigenvalue weighted by Crippen LogP contribution is -1.84. The van der Waals surface area contributed by atoms with Crippen LogP contribution in [0.15, 0.2) is 36.4 Å². The van der Waals surface area contributed by atoms with Crippen LogP contribution in [-0.4, -0.2) is 32.4 Å². The first-order valence-electron chi connectivity index (χ1n) is 5.99. The van der Waals surface area contributed by atoms with E-state index >= 15 is 0 Å². The van der Waals surface area contributed by atoms with Crippen molar-refractivity contribution in [3.05, 3.63) is 42.0 Å². The number of carbonyl (C=O) groups is 2. The zero-order chi connectivity index (χ0) is 16.4. The second-order valence-electron chi connectivity index (χ2n) is 3.99. The number of aliphatic carboxylic acids is 2. The van der Waals surface area contributed by atoms with Gasteiger partial charge in [-0.25, -0.2) is 0 Å². The summed E-state index contributed by atoms with van der Waals surface area (Å²) in [5, 5.41) is 35.2. The van der Waals surface area contributed by atoms with Crippen LogP contribution in [0.3, 0.4) is 0 Å². The van der Waals surface area contributed by atoms with Crippen molar-refractivity contribution in [2.45, 2.75) is 20.5 Å². The minimum atomic E-state index is -0.833. The summed E-state index contributed by atoms with van der Waals surface area (Å²) in [7, 11) is 0. The van der Waals surface area contributed by atoms with Gasteiger partial charge in [0.1, 0.15) is 5.75 Å². The summed E-state index contributed by atoms with van der Waals surface area (Å²) in [6, 6.07) is 11.2. The van der Waals surface area contributed by atoms with Gasteiger partial charge in [-0.2, -0.15) is 0 Å². The van der Waals surface area contributed by atoms with E-state index in [0.717, 1.165) is 24.6 Å². The molecular formula is C15H18O6. The third-order valence-corrected chi connectivity index (χ3v) is 2.15. The van der Waals surface area contributed by atoms with Gasteiger partial charge in [0.25, 0.3) is 11.9 Å². The summed E-state index contributed by atoms with van der Waals surface area (Å²) in [5.41, 5.74) is 0.568. The molecule has 114 valence electrons. The Balaban J connectivity index is 0.000000421. The van der Waals surface area contributed by atoms with Crippen LogP contribution in [0.1, 0.15) is 19.4 Å². The largest absolute Gasteiger partial charge is 0.507 e. The van der Waals surface area contributed by atoms with Crippen LogP contribution in [0, 0.1) is 0 Å². The topological polar surface area (TPSA) is 115 Å². The molecule has 0 saturated carbocycles. The van der Waals surface area contributed by atoms with E-state index in [1.165, 1.54) is 0 Å². The number of phenols is 1. The predicted molar refractivity (Wildman–Crippen MR) is 78.2 cm³/mol. The van der Waals surface area contributed by atoms with Gasteiger partial charge in [-0.3, -0.25) is 9.59 Å². The van der Waals surface area contributed by atoms with Gasteiger partial charge >= 0.3 is 0 Å². The average Bonchev–Trinajstić information content (AvgIpc) is 2.38. The SMILES string of the molecule is CC(=O)O.CC(=O)O.OCc1ccc2ccccc2c1O. The molecule has 2 rings (SSSR count). The summed E-state index contributed by atoms with van der Waals surface area (Å²) in [5.74, 6) is -1.49. The molecule has 0 bridgehead atoms. The van der Waals surface area contributed by atoms with Crippen LogP contribution in [0.4, 0.5) is 0 Å². The highest BCUT2D eigenvalue weighted by Crippen LogP contribution is 2.28. The van der Waals surface area contributed by atoms with Crippen LogP contribution < -0.4 is 0 Å². The van der Waals surface area contributed by atoms with Gasteiger partial charge in [0.15, 0.2) is 0 Å². The minimum absolute atomic E-state index is 0.128. The van der Waals surface area contributed by atoms with Gasteiger partial charge in [-0.15, -0.1) is 0 Å². The Labute approximate surface area is 121 Å². The molecule has 0 radical (unpaired) electrons. The molecule has 0 aliphatic rings. The van der Waals surface area contributed by atoms with E-state index in [4.69, 9.17) is 24.9 Å². The molecule has 6 nitrogen and oxygen atoms in total. The van der Waals surface area contributed by atoms with Crippen molar-refractivity contribution in [3.63, 3.8) is 0 Å². The quantitative estimate of drug-likeness (QED) is 0.641. The number of benzene rings is 2. The zero-order valence-electron chi connectivity index (χ0n) is 11.8. The van der Waals surface area contributed by atoms with Crippen LogP contribution >= 0.6 is 0 Å². The first kappa shape index (κ1) is 18.4. The number of hydrogen-bond acceptors (Lipinski definition) is 4. The molecule has 6 heteroatoms. The normalized spacial score (nSPS) is 8.90. The fourth-order valence-electron chi connectivity index (χ4n) is 1.43. The molecule has 0 unspecified atom stereocenters. The maximum absolute atomic E-state index is 9.69. The maximum Gasteiger partial charge on any atom is 0.300 e. The Morgan fingerprint density at radius 2 is 1.43 bits per heavy atom. The van der Waals surface area contributed by atoms with Crippen molar-refractivity contribution < 1.29 is 30.0 Å². The van der Waals surface area contributed by atoms with Gasteiger partial charge in [-0.05, 0) is 5.39 Å². The molecule has 0 amide bonds. The number of aliphatic hydroxyl groups is 1. The van der Waals surface area contributed by atoms with Gasteiger partial charge in [0.2, 0.25) is 0 Å². The number of hydrogen-bond donors (Lipinski definition) is 4. The highest BCUT2D eigenvalue weighted by Gasteiger charge is 2.03. The van der Waals surface area contributed by atoms with Crippen molar-refractivity contribution in [1.29, 1.82) is 0 Å². The fraction of sp³-hybridized carbons (Fsp3) is 0.200. The molecule has 2 aromatic carbocycles. The molecule has 0 spiro atoms. The summed E-state index contributed by atoms with van der Waals surface area (Å²) in [6.45, 7) is 2.04. The van der Waals surface area contributed by atoms with Crippen LogP contribution in [0.5, 0.6) is 5.75 Å². The lowest BCUT2D eigenvalue weighted by atomic mass is 10.1. The van der Waals surface area contributed by atoms with E-state index in [-0.39, 0.29) is 12.4 Å². The Bertz CT molecular complexity index is 586. The number of aliphatic hydroxyl groups excluding tert-OH is 1. The summed E-state index contributed by atoms with van der Waals surface area (Å²) in [6.07, 6.45) is 0. The third-order valence-electron chi connectivity index (χ3n) is 2.15. The Hall–Kier alpha value is -2.60. The minimum Gasteiger partial charge on any atom is -0.507 e. The third kappa shape index (κ3) is 7.54. The lowest BCUT2D eigenvalue weighted by Gasteiger charge is -2.04. The molecule has 0 aromatic heterocycles. The van der Waals surface area contributed by atoms with Gasteiger partial charge in [0, 0.05) is 24.8 Å². The monoisotopic (exact) mass is 294 g/mol. The molecule has 2 aromatic rings. The first-order valence-corrected chi connectivity index (χ1v) is 5.99. The predicted octanol–water partition coefficient (Wildman–Crippen LogP) is 2.22. The van der Waals surface area contributed by atoms with Gasteiger partial charge in [-0.1, -0.05) is 36.4 Å². The van der Waals surface area contributed by atoms with Crippen molar-refractivity contribution in [3.8, 4) is 5.75 Å². The fourth-order valence-corrected chi connectivity index (χ4v) is 1.43. The second kappa shape index (κ2) is 9.33. The Kier molecular flexibility index (Phi) is 8.17. The molecule has 0 heterocycles. The number of rotatable bonds is 1. The Morgan fingerprint density at radius 1 is 0.952 bits per heavy atom. The standard InChI is InChI=1S/C11H10O2.2C2H4O2/c12-7-9-6-5-8-3-1-2-4-10(8)11(9)13;2*1-2(3)4/h1-6,12-13H,7H2;2*1H3,(H,3,4). The average molecular weight is 294 g/mol. The molecule has 21 heavy (non-hydrogen) atoms. The molecule has 0 saturated heterocycles. The van der Waals surface area contributed by atoms with E-state index in [1.807, 2.05) is 30.3 Å². The summed E-state index contributed by atoms with van der Waals surface area (Å²) < 4.78 is 0. The van der Waals surface area contributed by atoms with Crippen molar-refractivity contribution in [2.24, 2.45) is 0 Å². The smallest absolute Gasteiger partial charge is 0.300 e. The van der Waals surface area contributed by atoms with Crippen molar-refractivity contribution in [2.75, 3.05) is 0 Å². The van der Waals surface area contributed by atoms with E-state index in [2.05, 4.69) is 0 Å². The van der Waals surface area contributed by atoms with Gasteiger partial charge < -0.3 is 20.4 Å². The van der Waals surface area contributed by atoms with E-state index in [0.29, 0.717) is 5.56 Å². The molecule has 4 N–H and O–H groups in total. The van der Waals surface area contributed by atoms with E-state index in [1.54, 1.807) is 6.07 Å². The number of carboxylic acid groups (broad SMARTS) is 2. The molecular weight excluding hydrogens is 276 g/mol. The first-order chi connectivity index (χ1) is 9.79. The number of carboxylic acids is 2. The lowest BCUT2D eigenvalue weighted by molar-refractivity contribution is -0.135. The molecule has 0 fully saturated rings. The second-order valence-corrected chi connectivity index (χ2v) is 3.99. The van der Waals surface area contributed by atoms with Crippen molar-refractivity contribution >= 4 is 22.7 Å². The Morgan fingerprint density at radius 3 is 1.90 bits per heavy atom.